The Hall–Kier alpha value is -4.03. The second kappa shape index (κ2) is 11.2. The quantitative estimate of drug-likeness (QED) is 0.287. The van der Waals surface area contributed by atoms with Crippen LogP contribution in [0.2, 0.25) is 5.02 Å². The molecule has 6 nitrogen and oxygen atoms in total. The number of carbonyl (C=O) groups excluding carboxylic acids is 2. The lowest BCUT2D eigenvalue weighted by Crippen LogP contribution is -2.36. The molecule has 0 radical (unpaired) electrons. The summed E-state index contributed by atoms with van der Waals surface area (Å²) in [5.74, 6) is -0.482. The van der Waals surface area contributed by atoms with Gasteiger partial charge in [-0.3, -0.25) is 4.79 Å². The number of hydrogen-bond donors (Lipinski definition) is 2. The van der Waals surface area contributed by atoms with Crippen LogP contribution in [0.1, 0.15) is 42.7 Å². The Bertz CT molecular complexity index is 1410. The molecule has 3 aromatic carbocycles. The number of phenols is 1. The number of aromatic hydroxyl groups is 1. The van der Waals surface area contributed by atoms with Crippen molar-refractivity contribution >= 4 is 23.4 Å². The van der Waals surface area contributed by atoms with E-state index in [1.54, 1.807) is 18.2 Å². The van der Waals surface area contributed by atoms with Gasteiger partial charge in [-0.2, -0.15) is 0 Å². The number of esters is 1. The molecule has 0 aromatic heterocycles. The maximum absolute atomic E-state index is 13.7. The minimum absolute atomic E-state index is 0.00715. The summed E-state index contributed by atoms with van der Waals surface area (Å²) in [4.78, 5) is 27.1. The molecule has 0 saturated carbocycles. The summed E-state index contributed by atoms with van der Waals surface area (Å²) in [6.07, 6.45) is 0.923. The summed E-state index contributed by atoms with van der Waals surface area (Å²) in [7, 11) is 0. The van der Waals surface area contributed by atoms with Crippen molar-refractivity contribution in [1.29, 1.82) is 0 Å². The van der Waals surface area contributed by atoms with Gasteiger partial charge in [-0.05, 0) is 66.8 Å². The minimum atomic E-state index is -0.653. The first-order chi connectivity index (χ1) is 18.4. The lowest BCUT2D eigenvalue weighted by molar-refractivity contribution is -0.140. The molecule has 3 aromatic rings. The fourth-order valence-corrected chi connectivity index (χ4v) is 5.33. The summed E-state index contributed by atoms with van der Waals surface area (Å²) in [5, 5.41) is 14.2. The second-order valence-electron chi connectivity index (χ2n) is 9.46. The second-order valence-corrected chi connectivity index (χ2v) is 9.90. The fourth-order valence-electron chi connectivity index (χ4n) is 5.21. The van der Waals surface area contributed by atoms with Gasteiger partial charge in [-0.25, -0.2) is 4.79 Å². The van der Waals surface area contributed by atoms with Gasteiger partial charge in [0, 0.05) is 34.3 Å². The van der Waals surface area contributed by atoms with Crippen molar-refractivity contribution in [3.05, 3.63) is 118 Å². The van der Waals surface area contributed by atoms with Crippen LogP contribution in [0.15, 0.2) is 101 Å². The highest BCUT2D eigenvalue weighted by atomic mass is 35.5. The van der Waals surface area contributed by atoms with Gasteiger partial charge in [0.2, 0.25) is 0 Å². The molecular weight excluding hydrogens is 502 g/mol. The van der Waals surface area contributed by atoms with E-state index in [1.807, 2.05) is 67.6 Å². The maximum Gasteiger partial charge on any atom is 0.336 e. The SMILES string of the molecule is CC1=C(C(=O)OCCOc2ccccc2)C(c2cccc(O)c2)C2=C(CC(c3ccc(Cl)cc3)CC2=O)N1. The smallest absolute Gasteiger partial charge is 0.336 e. The van der Waals surface area contributed by atoms with Crippen LogP contribution in [0.25, 0.3) is 0 Å². The topological polar surface area (TPSA) is 84.9 Å². The van der Waals surface area contributed by atoms with Crippen LogP contribution in [0.3, 0.4) is 0 Å². The zero-order valence-corrected chi connectivity index (χ0v) is 21.7. The molecule has 0 fully saturated rings. The normalized spacial score (nSPS) is 19.1. The van der Waals surface area contributed by atoms with E-state index in [-0.39, 0.29) is 30.7 Å². The third kappa shape index (κ3) is 5.46. The number of dihydropyridines is 1. The van der Waals surface area contributed by atoms with E-state index in [1.165, 1.54) is 0 Å². The molecule has 2 aliphatic rings. The number of Topliss-reactive ketones (excluding diaryl/α,β-unsaturated/α-hetero) is 1. The summed E-state index contributed by atoms with van der Waals surface area (Å²) in [6.45, 7) is 2.06. The lowest BCUT2D eigenvalue weighted by atomic mass is 9.71. The van der Waals surface area contributed by atoms with Crippen LogP contribution in [-0.2, 0) is 14.3 Å². The van der Waals surface area contributed by atoms with Crippen molar-refractivity contribution in [2.75, 3.05) is 13.2 Å². The van der Waals surface area contributed by atoms with Crippen LogP contribution < -0.4 is 10.1 Å². The Balaban J connectivity index is 1.41. The molecule has 1 aliphatic carbocycles. The van der Waals surface area contributed by atoms with Gasteiger partial charge in [0.15, 0.2) is 5.78 Å². The van der Waals surface area contributed by atoms with Gasteiger partial charge < -0.3 is 19.9 Å². The Kier molecular flexibility index (Phi) is 7.52. The van der Waals surface area contributed by atoms with E-state index < -0.39 is 11.9 Å². The monoisotopic (exact) mass is 529 g/mol. The summed E-state index contributed by atoms with van der Waals surface area (Å²) in [5.41, 5.74) is 4.00. The number of nitrogens with one attached hydrogen (secondary N) is 1. The van der Waals surface area contributed by atoms with Gasteiger partial charge in [0.25, 0.3) is 0 Å². The number of allylic oxidation sites excluding steroid dienone is 3. The number of rotatable bonds is 7. The van der Waals surface area contributed by atoms with Gasteiger partial charge in [0.05, 0.1) is 5.57 Å². The predicted octanol–water partition coefficient (Wildman–Crippen LogP) is 6.03. The van der Waals surface area contributed by atoms with Crippen molar-refractivity contribution in [1.82, 2.24) is 5.32 Å². The molecule has 1 aliphatic heterocycles. The number of phenolic OH excluding ortho intramolecular Hbond substituents is 1. The third-order valence-corrected chi connectivity index (χ3v) is 7.17. The highest BCUT2D eigenvalue weighted by Gasteiger charge is 2.41. The molecule has 38 heavy (non-hydrogen) atoms. The van der Waals surface area contributed by atoms with Crippen molar-refractivity contribution in [3.63, 3.8) is 0 Å². The van der Waals surface area contributed by atoms with E-state index in [4.69, 9.17) is 21.1 Å². The van der Waals surface area contributed by atoms with Gasteiger partial charge >= 0.3 is 5.97 Å². The molecule has 0 amide bonds. The Morgan fingerprint density at radius 1 is 0.974 bits per heavy atom. The minimum Gasteiger partial charge on any atom is -0.508 e. The number of para-hydroxylation sites is 1. The zero-order valence-electron chi connectivity index (χ0n) is 20.9. The predicted molar refractivity (Wildman–Crippen MR) is 145 cm³/mol. The average molecular weight is 530 g/mol. The van der Waals surface area contributed by atoms with Crippen molar-refractivity contribution in [2.45, 2.75) is 31.6 Å². The number of halogens is 1. The first-order valence-corrected chi connectivity index (χ1v) is 12.9. The average Bonchev–Trinajstić information content (AvgIpc) is 2.91. The number of ketones is 1. The number of ether oxygens (including phenoxy) is 2. The molecule has 2 atom stereocenters. The molecular formula is C31H28ClNO5. The standard InChI is InChI=1S/C31H28ClNO5/c1-19-28(31(36)38-15-14-37-25-8-3-2-4-9-25)29(21-6-5-7-24(34)16-21)30-26(33-19)17-22(18-27(30)35)20-10-12-23(32)13-11-20/h2-13,16,22,29,33-34H,14-15,17-18H2,1H3. The molecule has 0 spiro atoms. The van der Waals surface area contributed by atoms with E-state index in [0.29, 0.717) is 46.0 Å². The maximum atomic E-state index is 13.7. The third-order valence-electron chi connectivity index (χ3n) is 6.92. The first kappa shape index (κ1) is 25.6. The molecule has 7 heteroatoms. The molecule has 2 unspecified atom stereocenters. The zero-order chi connectivity index (χ0) is 26.6. The number of hydrogen-bond acceptors (Lipinski definition) is 6. The van der Waals surface area contributed by atoms with Crippen LogP contribution in [-0.4, -0.2) is 30.1 Å². The van der Waals surface area contributed by atoms with Crippen LogP contribution in [0.4, 0.5) is 0 Å². The number of benzene rings is 3. The molecule has 5 rings (SSSR count). The lowest BCUT2D eigenvalue weighted by Gasteiger charge is -2.36. The molecule has 0 bridgehead atoms. The van der Waals surface area contributed by atoms with Crippen molar-refractivity contribution < 1.29 is 24.2 Å². The summed E-state index contributed by atoms with van der Waals surface area (Å²) >= 11 is 6.06. The highest BCUT2D eigenvalue weighted by Crippen LogP contribution is 2.46. The Labute approximate surface area is 226 Å². The summed E-state index contributed by atoms with van der Waals surface area (Å²) < 4.78 is 11.2. The molecule has 2 N–H and O–H groups in total. The van der Waals surface area contributed by atoms with E-state index >= 15 is 0 Å². The summed E-state index contributed by atoms with van der Waals surface area (Å²) in [6, 6.07) is 23.5. The van der Waals surface area contributed by atoms with E-state index in [2.05, 4.69) is 5.32 Å². The van der Waals surface area contributed by atoms with E-state index in [0.717, 1.165) is 11.3 Å². The fraction of sp³-hybridized carbons (Fsp3) is 0.226. The van der Waals surface area contributed by atoms with Crippen LogP contribution in [0, 0.1) is 0 Å². The van der Waals surface area contributed by atoms with Crippen LogP contribution in [0.5, 0.6) is 11.5 Å². The van der Waals surface area contributed by atoms with Crippen molar-refractivity contribution in [2.24, 2.45) is 0 Å². The van der Waals surface area contributed by atoms with E-state index in [9.17, 15) is 14.7 Å². The largest absolute Gasteiger partial charge is 0.508 e. The van der Waals surface area contributed by atoms with Gasteiger partial charge in [-0.1, -0.05) is 54.1 Å². The Morgan fingerprint density at radius 3 is 2.47 bits per heavy atom. The Morgan fingerprint density at radius 2 is 1.74 bits per heavy atom. The molecule has 1 heterocycles. The van der Waals surface area contributed by atoms with Crippen LogP contribution >= 0.6 is 11.6 Å². The highest BCUT2D eigenvalue weighted by molar-refractivity contribution is 6.30. The van der Waals surface area contributed by atoms with Gasteiger partial charge in [0.1, 0.15) is 24.7 Å². The molecule has 194 valence electrons. The first-order valence-electron chi connectivity index (χ1n) is 12.5. The van der Waals surface area contributed by atoms with Gasteiger partial charge in [-0.15, -0.1) is 0 Å². The number of carbonyl (C=O) groups is 2. The van der Waals surface area contributed by atoms with Crippen molar-refractivity contribution in [3.8, 4) is 11.5 Å². The molecule has 0 saturated heterocycles.